The van der Waals surface area contributed by atoms with E-state index in [1.807, 2.05) is 42.5 Å². The smallest absolute Gasteiger partial charge is 0.331 e. The Balaban J connectivity index is 1.62. The van der Waals surface area contributed by atoms with Gasteiger partial charge in [-0.25, -0.2) is 9.31 Å². The number of fused-ring (bicyclic) bond motifs is 1. The molecule has 3 heterocycles. The summed E-state index contributed by atoms with van der Waals surface area (Å²) in [7, 11) is 1.60. The molecule has 0 radical (unpaired) electrons. The van der Waals surface area contributed by atoms with E-state index in [0.717, 1.165) is 21.4 Å². The van der Waals surface area contributed by atoms with Crippen molar-refractivity contribution in [3.63, 3.8) is 0 Å². The lowest BCUT2D eigenvalue weighted by atomic mass is 10.1. The maximum Gasteiger partial charge on any atom is 0.331 e. The van der Waals surface area contributed by atoms with Gasteiger partial charge < -0.3 is 4.74 Å². The molecule has 2 aromatic heterocycles. The fourth-order valence-electron chi connectivity index (χ4n) is 3.16. The second-order valence-electron chi connectivity index (χ2n) is 6.19. The van der Waals surface area contributed by atoms with E-state index in [9.17, 15) is 9.59 Å². The van der Waals surface area contributed by atoms with Crippen LogP contribution < -0.4 is 9.64 Å². The lowest BCUT2D eigenvalue weighted by molar-refractivity contribution is -0.129. The molecule has 138 valence electrons. The summed E-state index contributed by atoms with van der Waals surface area (Å²) in [6, 6.07) is 12.7. The zero-order valence-electron chi connectivity index (χ0n) is 14.6. The minimum Gasteiger partial charge on any atom is -0.497 e. The number of pyridine rings is 1. The van der Waals surface area contributed by atoms with Gasteiger partial charge in [0.15, 0.2) is 0 Å². The summed E-state index contributed by atoms with van der Waals surface area (Å²) >= 11 is 3.45. The molecule has 1 aliphatic rings. The number of ether oxygens (including phenoxy) is 1. The maximum atomic E-state index is 13.0. The number of rotatable bonds is 4. The van der Waals surface area contributed by atoms with Gasteiger partial charge in [0.1, 0.15) is 10.4 Å². The third-order valence-corrected chi connectivity index (χ3v) is 5.18. The molecular weight excluding hydrogens is 412 g/mol. The van der Waals surface area contributed by atoms with Gasteiger partial charge in [-0.05, 0) is 45.8 Å². The highest BCUT2D eigenvalue weighted by Gasteiger charge is 2.34. The molecule has 0 spiro atoms. The number of benzene rings is 1. The predicted octanol–water partition coefficient (Wildman–Crippen LogP) is 3.46. The molecule has 4 rings (SSSR count). The molecule has 3 aromatic rings. The first kappa shape index (κ1) is 17.5. The standard InChI is InChI=1S/C19H17BrN4O3/c1-27-14-7-5-13(6-8-14)12-23-18(25)9-10-22(19(23)26)16-11-21-24-15(16)3-2-4-17(24)20/h2-8,11H,9-10,12H2,1H3. The van der Waals surface area contributed by atoms with Crippen LogP contribution in [-0.2, 0) is 11.3 Å². The molecule has 1 aromatic carbocycles. The molecule has 0 bridgehead atoms. The lowest BCUT2D eigenvalue weighted by Gasteiger charge is -2.33. The van der Waals surface area contributed by atoms with Crippen molar-refractivity contribution in [1.82, 2.24) is 14.5 Å². The van der Waals surface area contributed by atoms with Crippen LogP contribution in [0.15, 0.2) is 53.3 Å². The Kier molecular flexibility index (Phi) is 4.57. The number of halogens is 1. The fraction of sp³-hybridized carbons (Fsp3) is 0.211. The Morgan fingerprint density at radius 2 is 1.93 bits per heavy atom. The number of hydrogen-bond donors (Lipinski definition) is 0. The first-order valence-corrected chi connectivity index (χ1v) is 9.25. The quantitative estimate of drug-likeness (QED) is 0.596. The number of aromatic nitrogens is 2. The van der Waals surface area contributed by atoms with Crippen molar-refractivity contribution in [2.45, 2.75) is 13.0 Å². The molecular formula is C19H17BrN4O3. The first-order chi connectivity index (χ1) is 13.1. The van der Waals surface area contributed by atoms with Crippen molar-refractivity contribution in [2.75, 3.05) is 18.6 Å². The highest BCUT2D eigenvalue weighted by molar-refractivity contribution is 9.10. The van der Waals surface area contributed by atoms with Gasteiger partial charge in [0.05, 0.1) is 31.1 Å². The lowest BCUT2D eigenvalue weighted by Crippen LogP contribution is -2.52. The van der Waals surface area contributed by atoms with E-state index < -0.39 is 0 Å². The number of nitrogens with zero attached hydrogens (tertiary/aromatic N) is 4. The van der Waals surface area contributed by atoms with Crippen molar-refractivity contribution in [1.29, 1.82) is 0 Å². The van der Waals surface area contributed by atoms with Crippen molar-refractivity contribution < 1.29 is 14.3 Å². The van der Waals surface area contributed by atoms with E-state index in [1.165, 1.54) is 4.90 Å². The Morgan fingerprint density at radius 3 is 2.67 bits per heavy atom. The summed E-state index contributed by atoms with van der Waals surface area (Å²) in [5, 5.41) is 4.33. The highest BCUT2D eigenvalue weighted by atomic mass is 79.9. The van der Waals surface area contributed by atoms with Crippen LogP contribution in [0.1, 0.15) is 12.0 Å². The van der Waals surface area contributed by atoms with Crippen LogP contribution in [-0.4, -0.2) is 40.1 Å². The predicted molar refractivity (Wildman–Crippen MR) is 104 cm³/mol. The summed E-state index contributed by atoms with van der Waals surface area (Å²) in [5.41, 5.74) is 2.35. The van der Waals surface area contributed by atoms with E-state index in [-0.39, 0.29) is 24.9 Å². The van der Waals surface area contributed by atoms with Crippen molar-refractivity contribution >= 4 is 39.1 Å². The largest absolute Gasteiger partial charge is 0.497 e. The third-order valence-electron chi connectivity index (χ3n) is 4.58. The molecule has 7 nitrogen and oxygen atoms in total. The van der Waals surface area contributed by atoms with Gasteiger partial charge in [0.25, 0.3) is 0 Å². The molecule has 1 saturated heterocycles. The Morgan fingerprint density at radius 1 is 1.15 bits per heavy atom. The second kappa shape index (κ2) is 7.03. The summed E-state index contributed by atoms with van der Waals surface area (Å²) in [4.78, 5) is 28.3. The van der Waals surface area contributed by atoms with Crippen LogP contribution >= 0.6 is 15.9 Å². The van der Waals surface area contributed by atoms with Crippen LogP contribution in [0, 0.1) is 0 Å². The van der Waals surface area contributed by atoms with E-state index in [0.29, 0.717) is 12.2 Å². The van der Waals surface area contributed by atoms with Crippen LogP contribution in [0.25, 0.3) is 5.52 Å². The molecule has 0 N–H and O–H groups in total. The minimum absolute atomic E-state index is 0.176. The minimum atomic E-state index is -0.336. The Hall–Kier alpha value is -2.87. The summed E-state index contributed by atoms with van der Waals surface area (Å²) < 4.78 is 7.66. The Bertz CT molecular complexity index is 1020. The monoisotopic (exact) mass is 428 g/mol. The van der Waals surface area contributed by atoms with Crippen LogP contribution in [0.5, 0.6) is 5.75 Å². The number of anilines is 1. The van der Waals surface area contributed by atoms with Crippen LogP contribution in [0.2, 0.25) is 0 Å². The zero-order valence-corrected chi connectivity index (χ0v) is 16.2. The van der Waals surface area contributed by atoms with Crippen LogP contribution in [0.3, 0.4) is 0 Å². The van der Waals surface area contributed by atoms with Gasteiger partial charge in [-0.3, -0.25) is 14.6 Å². The summed E-state index contributed by atoms with van der Waals surface area (Å²) in [6.45, 7) is 0.561. The van der Waals surface area contributed by atoms with E-state index in [1.54, 1.807) is 22.7 Å². The van der Waals surface area contributed by atoms with Gasteiger partial charge >= 0.3 is 6.03 Å². The van der Waals surface area contributed by atoms with Gasteiger partial charge in [0.2, 0.25) is 5.91 Å². The molecule has 27 heavy (non-hydrogen) atoms. The molecule has 3 amide bonds. The molecule has 0 saturated carbocycles. The van der Waals surface area contributed by atoms with Crippen molar-refractivity contribution in [3.8, 4) is 5.75 Å². The average molecular weight is 429 g/mol. The second-order valence-corrected chi connectivity index (χ2v) is 7.00. The number of hydrogen-bond acceptors (Lipinski definition) is 4. The van der Waals surface area contributed by atoms with Gasteiger partial charge in [-0.2, -0.15) is 5.10 Å². The molecule has 1 aliphatic heterocycles. The summed E-state index contributed by atoms with van der Waals surface area (Å²) in [5.74, 6) is 0.554. The molecule has 1 fully saturated rings. The fourth-order valence-corrected chi connectivity index (χ4v) is 3.59. The first-order valence-electron chi connectivity index (χ1n) is 8.45. The van der Waals surface area contributed by atoms with Crippen LogP contribution in [0.4, 0.5) is 10.5 Å². The van der Waals surface area contributed by atoms with Crippen molar-refractivity contribution in [3.05, 3.63) is 58.8 Å². The van der Waals surface area contributed by atoms with Gasteiger partial charge in [-0.15, -0.1) is 0 Å². The van der Waals surface area contributed by atoms with Gasteiger partial charge in [0, 0.05) is 13.0 Å². The Labute approximate surface area is 164 Å². The normalized spacial score (nSPS) is 14.9. The number of imide groups is 1. The summed E-state index contributed by atoms with van der Waals surface area (Å²) in [6.07, 6.45) is 1.92. The molecule has 0 unspecified atom stereocenters. The molecule has 0 atom stereocenters. The topological polar surface area (TPSA) is 67.2 Å². The number of carbonyl (C=O) groups excluding carboxylic acids is 2. The zero-order chi connectivity index (χ0) is 19.0. The highest BCUT2D eigenvalue weighted by Crippen LogP contribution is 2.28. The van der Waals surface area contributed by atoms with E-state index >= 15 is 0 Å². The SMILES string of the molecule is COc1ccc(CN2C(=O)CCN(c3cnn4c(Br)cccc34)C2=O)cc1. The van der Waals surface area contributed by atoms with E-state index in [4.69, 9.17) is 4.74 Å². The number of amides is 3. The third kappa shape index (κ3) is 3.16. The average Bonchev–Trinajstić information content (AvgIpc) is 3.11. The maximum absolute atomic E-state index is 13.0. The van der Waals surface area contributed by atoms with Gasteiger partial charge in [-0.1, -0.05) is 18.2 Å². The molecule has 0 aliphatic carbocycles. The number of urea groups is 1. The number of carbonyl (C=O) groups is 2. The van der Waals surface area contributed by atoms with Crippen molar-refractivity contribution in [2.24, 2.45) is 0 Å². The molecule has 8 heteroatoms. The van der Waals surface area contributed by atoms with E-state index in [2.05, 4.69) is 21.0 Å². The number of methoxy groups -OCH3 is 1.